The Kier molecular flexibility index (Phi) is 3.00. The molecule has 0 aliphatic rings. The maximum atomic E-state index is 5.48. The van der Waals surface area contributed by atoms with E-state index in [1.54, 1.807) is 17.1 Å². The molecule has 0 amide bonds. The Bertz CT molecular complexity index is 447. The lowest BCUT2D eigenvalue weighted by molar-refractivity contribution is 0.741. The van der Waals surface area contributed by atoms with Gasteiger partial charge in [-0.2, -0.15) is 5.10 Å². The van der Waals surface area contributed by atoms with Gasteiger partial charge in [0, 0.05) is 26.2 Å². The summed E-state index contributed by atoms with van der Waals surface area (Å²) in [5, 5.41) is 7.37. The summed E-state index contributed by atoms with van der Waals surface area (Å²) in [6.45, 7) is 0.751. The molecule has 2 rings (SSSR count). The fourth-order valence-corrected chi connectivity index (χ4v) is 1.33. The van der Waals surface area contributed by atoms with Gasteiger partial charge in [-0.3, -0.25) is 4.68 Å². The van der Waals surface area contributed by atoms with E-state index in [0.717, 1.165) is 18.7 Å². The van der Waals surface area contributed by atoms with Crippen molar-refractivity contribution in [3.63, 3.8) is 0 Å². The molecule has 0 spiro atoms. The number of aromatic nitrogens is 4. The summed E-state index contributed by atoms with van der Waals surface area (Å²) in [6.07, 6.45) is 5.93. The van der Waals surface area contributed by atoms with E-state index in [2.05, 4.69) is 20.4 Å². The van der Waals surface area contributed by atoms with Crippen LogP contribution in [0.3, 0.4) is 0 Å². The Balaban J connectivity index is 1.82. The smallest absolute Gasteiger partial charge is 0.222 e. The normalized spacial score (nSPS) is 10.3. The molecule has 0 bridgehead atoms. The highest BCUT2D eigenvalue weighted by Crippen LogP contribution is 2.01. The van der Waals surface area contributed by atoms with Crippen molar-refractivity contribution in [2.24, 2.45) is 7.05 Å². The third-order valence-corrected chi connectivity index (χ3v) is 2.10. The second-order valence-electron chi connectivity index (χ2n) is 3.50. The van der Waals surface area contributed by atoms with Gasteiger partial charge in [0.05, 0.1) is 23.8 Å². The Labute approximate surface area is 93.5 Å². The van der Waals surface area contributed by atoms with Crippen molar-refractivity contribution in [2.45, 2.75) is 6.42 Å². The fraction of sp³-hybridized carbons (Fsp3) is 0.300. The number of rotatable bonds is 4. The van der Waals surface area contributed by atoms with Crippen molar-refractivity contribution in [2.75, 3.05) is 17.6 Å². The van der Waals surface area contributed by atoms with Gasteiger partial charge in [0.2, 0.25) is 5.95 Å². The van der Waals surface area contributed by atoms with Crippen LogP contribution < -0.4 is 11.1 Å². The number of nitrogens with zero attached hydrogens (tertiary/aromatic N) is 4. The number of nitrogen functional groups attached to an aromatic ring is 1. The summed E-state index contributed by atoms with van der Waals surface area (Å²) >= 11 is 0. The fourth-order valence-electron chi connectivity index (χ4n) is 1.33. The van der Waals surface area contributed by atoms with E-state index in [-0.39, 0.29) is 0 Å². The molecule has 2 heterocycles. The van der Waals surface area contributed by atoms with Crippen LogP contribution >= 0.6 is 0 Å². The van der Waals surface area contributed by atoms with Gasteiger partial charge in [-0.1, -0.05) is 0 Å². The zero-order chi connectivity index (χ0) is 11.4. The molecule has 0 radical (unpaired) electrons. The highest BCUT2D eigenvalue weighted by atomic mass is 15.2. The average molecular weight is 218 g/mol. The number of anilines is 2. The van der Waals surface area contributed by atoms with Gasteiger partial charge in [0.15, 0.2) is 0 Å². The lowest BCUT2D eigenvalue weighted by Gasteiger charge is -2.02. The van der Waals surface area contributed by atoms with Gasteiger partial charge < -0.3 is 11.1 Å². The van der Waals surface area contributed by atoms with Crippen LogP contribution in [0, 0.1) is 0 Å². The van der Waals surface area contributed by atoms with Gasteiger partial charge in [-0.15, -0.1) is 0 Å². The summed E-state index contributed by atoms with van der Waals surface area (Å²) < 4.78 is 1.79. The van der Waals surface area contributed by atoms with Crippen LogP contribution in [-0.2, 0) is 13.5 Å². The first kappa shape index (κ1) is 10.4. The molecule has 0 aliphatic carbocycles. The lowest BCUT2D eigenvalue weighted by atomic mass is 10.3. The molecule has 6 nitrogen and oxygen atoms in total. The van der Waals surface area contributed by atoms with E-state index in [1.807, 2.05) is 19.3 Å². The number of hydrogen-bond acceptors (Lipinski definition) is 5. The van der Waals surface area contributed by atoms with Crippen molar-refractivity contribution in [3.05, 3.63) is 30.4 Å². The topological polar surface area (TPSA) is 81.7 Å². The molecule has 2 aromatic heterocycles. The Morgan fingerprint density at radius 3 is 2.75 bits per heavy atom. The van der Waals surface area contributed by atoms with E-state index < -0.39 is 0 Å². The minimum atomic E-state index is 0.565. The summed E-state index contributed by atoms with van der Waals surface area (Å²) in [6, 6.07) is 1.99. The van der Waals surface area contributed by atoms with E-state index in [1.165, 1.54) is 0 Å². The molecule has 0 unspecified atom stereocenters. The van der Waals surface area contributed by atoms with Crippen LogP contribution in [0.4, 0.5) is 11.6 Å². The monoisotopic (exact) mass is 218 g/mol. The second-order valence-corrected chi connectivity index (χ2v) is 3.50. The van der Waals surface area contributed by atoms with Crippen molar-refractivity contribution >= 4 is 11.6 Å². The molecular formula is C10H14N6. The van der Waals surface area contributed by atoms with Gasteiger partial charge in [-0.25, -0.2) is 9.97 Å². The molecule has 2 aromatic rings. The largest absolute Gasteiger partial charge is 0.396 e. The predicted molar refractivity (Wildman–Crippen MR) is 61.8 cm³/mol. The zero-order valence-electron chi connectivity index (χ0n) is 9.09. The molecule has 84 valence electrons. The van der Waals surface area contributed by atoms with Gasteiger partial charge in [0.1, 0.15) is 0 Å². The first-order chi connectivity index (χ1) is 7.74. The highest BCUT2D eigenvalue weighted by molar-refractivity contribution is 5.35. The van der Waals surface area contributed by atoms with Crippen LogP contribution in [0.1, 0.15) is 5.69 Å². The number of hydrogen-bond donors (Lipinski definition) is 2. The Morgan fingerprint density at radius 1 is 1.38 bits per heavy atom. The number of nitrogens with two attached hydrogens (primary N) is 1. The lowest BCUT2D eigenvalue weighted by Crippen LogP contribution is -2.08. The number of aryl methyl sites for hydroxylation is 1. The molecule has 0 atom stereocenters. The zero-order valence-corrected chi connectivity index (χ0v) is 9.09. The quantitative estimate of drug-likeness (QED) is 0.778. The third kappa shape index (κ3) is 2.69. The van der Waals surface area contributed by atoms with Crippen LogP contribution in [0.25, 0.3) is 0 Å². The standard InChI is InChI=1S/C10H14N6/c1-16-5-3-9(15-16)2-4-12-10-13-6-8(11)7-14-10/h3,5-7H,2,4,11H2,1H3,(H,12,13,14). The molecular weight excluding hydrogens is 204 g/mol. The van der Waals surface area contributed by atoms with Crippen molar-refractivity contribution in [3.8, 4) is 0 Å². The molecule has 0 aliphatic heterocycles. The maximum Gasteiger partial charge on any atom is 0.222 e. The van der Waals surface area contributed by atoms with E-state index in [4.69, 9.17) is 5.73 Å². The average Bonchev–Trinajstić information content (AvgIpc) is 2.67. The molecule has 0 fully saturated rings. The molecule has 16 heavy (non-hydrogen) atoms. The first-order valence-corrected chi connectivity index (χ1v) is 5.04. The van der Waals surface area contributed by atoms with Gasteiger partial charge >= 0.3 is 0 Å². The van der Waals surface area contributed by atoms with E-state index in [0.29, 0.717) is 11.6 Å². The van der Waals surface area contributed by atoms with Crippen LogP contribution in [0.2, 0.25) is 0 Å². The Hall–Kier alpha value is -2.11. The van der Waals surface area contributed by atoms with Crippen molar-refractivity contribution in [1.82, 2.24) is 19.7 Å². The molecule has 0 saturated carbocycles. The third-order valence-electron chi connectivity index (χ3n) is 2.10. The van der Waals surface area contributed by atoms with E-state index >= 15 is 0 Å². The molecule has 0 saturated heterocycles. The van der Waals surface area contributed by atoms with E-state index in [9.17, 15) is 0 Å². The number of nitrogens with one attached hydrogen (secondary N) is 1. The molecule has 6 heteroatoms. The SMILES string of the molecule is Cn1ccc(CCNc2ncc(N)cn2)n1. The predicted octanol–water partition coefficient (Wildman–Crippen LogP) is 0.447. The summed E-state index contributed by atoms with van der Waals surface area (Å²) in [5.74, 6) is 0.588. The van der Waals surface area contributed by atoms with Gasteiger partial charge in [-0.05, 0) is 6.07 Å². The van der Waals surface area contributed by atoms with Gasteiger partial charge in [0.25, 0.3) is 0 Å². The summed E-state index contributed by atoms with van der Waals surface area (Å²) in [7, 11) is 1.90. The minimum Gasteiger partial charge on any atom is -0.396 e. The van der Waals surface area contributed by atoms with Crippen LogP contribution in [0.5, 0.6) is 0 Å². The Morgan fingerprint density at radius 2 is 2.12 bits per heavy atom. The molecule has 3 N–H and O–H groups in total. The summed E-state index contributed by atoms with van der Waals surface area (Å²) in [4.78, 5) is 8.08. The van der Waals surface area contributed by atoms with Crippen molar-refractivity contribution < 1.29 is 0 Å². The van der Waals surface area contributed by atoms with Crippen LogP contribution in [-0.4, -0.2) is 26.3 Å². The molecule has 0 aromatic carbocycles. The maximum absolute atomic E-state index is 5.48. The van der Waals surface area contributed by atoms with Crippen LogP contribution in [0.15, 0.2) is 24.7 Å². The minimum absolute atomic E-state index is 0.565. The summed E-state index contributed by atoms with van der Waals surface area (Å²) in [5.41, 5.74) is 7.10. The second kappa shape index (κ2) is 4.61. The highest BCUT2D eigenvalue weighted by Gasteiger charge is 1.98. The van der Waals surface area contributed by atoms with Crippen molar-refractivity contribution in [1.29, 1.82) is 0 Å². The first-order valence-electron chi connectivity index (χ1n) is 5.04.